The standard InChI is InChI=1S/C15H19NO3/c1-16-8-12-7-13(14(9-16)19-12)15(17)18-10-11-5-3-2-4-6-11/h2-6,12-14H,7-10H2,1H3. The zero-order valence-electron chi connectivity index (χ0n) is 11.1. The van der Waals surface area contributed by atoms with E-state index in [0.29, 0.717) is 6.61 Å². The molecule has 2 aliphatic rings. The summed E-state index contributed by atoms with van der Waals surface area (Å²) in [7, 11) is 2.07. The molecule has 4 nitrogen and oxygen atoms in total. The Hall–Kier alpha value is -1.39. The number of hydrogen-bond acceptors (Lipinski definition) is 4. The molecule has 0 radical (unpaired) electrons. The van der Waals surface area contributed by atoms with Gasteiger partial charge in [-0.25, -0.2) is 0 Å². The Labute approximate surface area is 113 Å². The molecule has 1 aromatic rings. The number of morpholine rings is 1. The van der Waals surface area contributed by atoms with Gasteiger partial charge in [-0.1, -0.05) is 30.3 Å². The van der Waals surface area contributed by atoms with Crippen LogP contribution in [-0.2, 0) is 20.9 Å². The summed E-state index contributed by atoms with van der Waals surface area (Å²) < 4.78 is 11.2. The molecule has 2 heterocycles. The van der Waals surface area contributed by atoms with Crippen LogP contribution in [0.1, 0.15) is 12.0 Å². The van der Waals surface area contributed by atoms with Gasteiger partial charge in [-0.05, 0) is 19.0 Å². The Balaban J connectivity index is 1.56. The predicted molar refractivity (Wildman–Crippen MR) is 70.5 cm³/mol. The van der Waals surface area contributed by atoms with Gasteiger partial charge in [-0.15, -0.1) is 0 Å². The van der Waals surface area contributed by atoms with Crippen molar-refractivity contribution in [1.82, 2.24) is 4.90 Å². The molecule has 2 saturated heterocycles. The highest BCUT2D eigenvalue weighted by atomic mass is 16.5. The molecule has 2 aliphatic heterocycles. The van der Waals surface area contributed by atoms with Crippen molar-refractivity contribution in [3.63, 3.8) is 0 Å². The van der Waals surface area contributed by atoms with Gasteiger partial charge in [0.25, 0.3) is 0 Å². The Morgan fingerprint density at radius 3 is 2.95 bits per heavy atom. The summed E-state index contributed by atoms with van der Waals surface area (Å²) in [6.07, 6.45) is 0.993. The lowest BCUT2D eigenvalue weighted by Gasteiger charge is -2.29. The lowest BCUT2D eigenvalue weighted by molar-refractivity contribution is -0.152. The number of ether oxygens (including phenoxy) is 2. The maximum Gasteiger partial charge on any atom is 0.312 e. The van der Waals surface area contributed by atoms with Gasteiger partial charge in [0.1, 0.15) is 6.61 Å². The number of rotatable bonds is 3. The number of carbonyl (C=O) groups is 1. The molecule has 3 atom stereocenters. The molecule has 102 valence electrons. The summed E-state index contributed by atoms with van der Waals surface area (Å²) in [5.74, 6) is -0.217. The van der Waals surface area contributed by atoms with Crippen molar-refractivity contribution in [2.24, 2.45) is 5.92 Å². The van der Waals surface area contributed by atoms with Crippen LogP contribution in [-0.4, -0.2) is 43.2 Å². The first-order chi connectivity index (χ1) is 9.22. The minimum atomic E-state index is -0.119. The van der Waals surface area contributed by atoms with E-state index in [1.165, 1.54) is 0 Å². The summed E-state index contributed by atoms with van der Waals surface area (Å²) in [6.45, 7) is 2.09. The number of nitrogens with zero attached hydrogens (tertiary/aromatic N) is 1. The van der Waals surface area contributed by atoms with Gasteiger partial charge >= 0.3 is 5.97 Å². The lowest BCUT2D eigenvalue weighted by Crippen LogP contribution is -2.42. The molecular formula is C15H19NO3. The highest BCUT2D eigenvalue weighted by molar-refractivity contribution is 5.73. The third kappa shape index (κ3) is 2.80. The van der Waals surface area contributed by atoms with Crippen LogP contribution in [0.3, 0.4) is 0 Å². The first-order valence-electron chi connectivity index (χ1n) is 6.77. The van der Waals surface area contributed by atoms with Crippen molar-refractivity contribution in [3.8, 4) is 0 Å². The molecule has 0 aromatic heterocycles. The van der Waals surface area contributed by atoms with Crippen LogP contribution in [0, 0.1) is 5.92 Å². The van der Waals surface area contributed by atoms with E-state index in [1.807, 2.05) is 30.3 Å². The van der Waals surface area contributed by atoms with Crippen LogP contribution in [0.25, 0.3) is 0 Å². The number of benzene rings is 1. The fraction of sp³-hybridized carbons (Fsp3) is 0.533. The van der Waals surface area contributed by atoms with Crippen LogP contribution >= 0.6 is 0 Å². The van der Waals surface area contributed by atoms with E-state index in [1.54, 1.807) is 0 Å². The summed E-state index contributed by atoms with van der Waals surface area (Å²) in [5.41, 5.74) is 1.02. The van der Waals surface area contributed by atoms with Crippen molar-refractivity contribution in [1.29, 1.82) is 0 Å². The largest absolute Gasteiger partial charge is 0.461 e. The molecule has 0 spiro atoms. The maximum atomic E-state index is 12.1. The summed E-state index contributed by atoms with van der Waals surface area (Å²) in [4.78, 5) is 14.4. The number of hydrogen-bond donors (Lipinski definition) is 0. The van der Waals surface area contributed by atoms with E-state index in [9.17, 15) is 4.79 Å². The van der Waals surface area contributed by atoms with Crippen LogP contribution in [0.4, 0.5) is 0 Å². The normalized spacial score (nSPS) is 30.3. The van der Waals surface area contributed by atoms with Gasteiger partial charge in [0.15, 0.2) is 0 Å². The number of likely N-dealkylation sites (tertiary alicyclic amines) is 1. The van der Waals surface area contributed by atoms with Crippen LogP contribution < -0.4 is 0 Å². The highest BCUT2D eigenvalue weighted by Gasteiger charge is 2.44. The fourth-order valence-corrected chi connectivity index (χ4v) is 2.93. The van der Waals surface area contributed by atoms with E-state index < -0.39 is 0 Å². The summed E-state index contributed by atoms with van der Waals surface area (Å²) >= 11 is 0. The Bertz CT molecular complexity index is 448. The molecule has 19 heavy (non-hydrogen) atoms. The molecule has 0 N–H and O–H groups in total. The Morgan fingerprint density at radius 2 is 2.16 bits per heavy atom. The average molecular weight is 261 g/mol. The number of fused-ring (bicyclic) bond motifs is 2. The second-order valence-electron chi connectivity index (χ2n) is 5.45. The second kappa shape index (κ2) is 5.31. The first-order valence-corrected chi connectivity index (χ1v) is 6.77. The van der Waals surface area contributed by atoms with Crippen LogP contribution in [0.15, 0.2) is 30.3 Å². The van der Waals surface area contributed by atoms with Gasteiger partial charge in [0.05, 0.1) is 18.1 Å². The van der Waals surface area contributed by atoms with Gasteiger partial charge in [-0.2, -0.15) is 0 Å². The van der Waals surface area contributed by atoms with Gasteiger partial charge in [0, 0.05) is 13.1 Å². The minimum absolute atomic E-state index is 0.00650. The minimum Gasteiger partial charge on any atom is -0.461 e. The SMILES string of the molecule is CN1CC2CC(C(=O)OCc3ccccc3)C(C1)O2. The molecule has 0 amide bonds. The van der Waals surface area contributed by atoms with Crippen molar-refractivity contribution in [3.05, 3.63) is 35.9 Å². The Morgan fingerprint density at radius 1 is 1.37 bits per heavy atom. The molecule has 2 fully saturated rings. The van der Waals surface area contributed by atoms with Crippen molar-refractivity contribution in [2.45, 2.75) is 25.2 Å². The van der Waals surface area contributed by atoms with Gasteiger partial charge < -0.3 is 14.4 Å². The number of carbonyl (C=O) groups excluding carboxylic acids is 1. The van der Waals surface area contributed by atoms with Crippen LogP contribution in [0.5, 0.6) is 0 Å². The molecule has 4 heteroatoms. The quantitative estimate of drug-likeness (QED) is 0.772. The van der Waals surface area contributed by atoms with Crippen molar-refractivity contribution >= 4 is 5.97 Å². The monoisotopic (exact) mass is 261 g/mol. The van der Waals surface area contributed by atoms with Crippen LogP contribution in [0.2, 0.25) is 0 Å². The number of esters is 1. The average Bonchev–Trinajstić information content (AvgIpc) is 2.72. The topological polar surface area (TPSA) is 38.8 Å². The predicted octanol–water partition coefficient (Wildman–Crippen LogP) is 1.45. The molecule has 0 aliphatic carbocycles. The van der Waals surface area contributed by atoms with E-state index in [2.05, 4.69) is 11.9 Å². The fourth-order valence-electron chi connectivity index (χ4n) is 2.93. The Kier molecular flexibility index (Phi) is 3.53. The molecule has 0 saturated carbocycles. The van der Waals surface area contributed by atoms with E-state index in [-0.39, 0.29) is 24.1 Å². The third-order valence-corrected chi connectivity index (χ3v) is 3.87. The number of likely N-dealkylation sites (N-methyl/N-ethyl adjacent to an activating group) is 1. The zero-order chi connectivity index (χ0) is 13.2. The first kappa shape index (κ1) is 12.6. The second-order valence-corrected chi connectivity index (χ2v) is 5.45. The molecule has 3 rings (SSSR count). The smallest absolute Gasteiger partial charge is 0.312 e. The third-order valence-electron chi connectivity index (χ3n) is 3.87. The summed E-state index contributed by atoms with van der Waals surface area (Å²) in [5, 5.41) is 0. The molecule has 3 unspecified atom stereocenters. The molecule has 1 aromatic carbocycles. The maximum absolute atomic E-state index is 12.1. The van der Waals surface area contributed by atoms with E-state index >= 15 is 0 Å². The van der Waals surface area contributed by atoms with E-state index in [4.69, 9.17) is 9.47 Å². The molecular weight excluding hydrogens is 242 g/mol. The van der Waals surface area contributed by atoms with Crippen molar-refractivity contribution < 1.29 is 14.3 Å². The van der Waals surface area contributed by atoms with Gasteiger partial charge in [-0.3, -0.25) is 4.79 Å². The summed E-state index contributed by atoms with van der Waals surface area (Å²) in [6, 6.07) is 9.78. The zero-order valence-corrected chi connectivity index (χ0v) is 11.1. The van der Waals surface area contributed by atoms with Gasteiger partial charge in [0.2, 0.25) is 0 Å². The highest BCUT2D eigenvalue weighted by Crippen LogP contribution is 2.32. The van der Waals surface area contributed by atoms with E-state index in [0.717, 1.165) is 25.1 Å². The molecule has 2 bridgehead atoms. The van der Waals surface area contributed by atoms with Crippen molar-refractivity contribution in [2.75, 3.05) is 20.1 Å². The lowest BCUT2D eigenvalue weighted by atomic mass is 10.0.